The number of fused-ring (bicyclic) bond motifs is 1. The van der Waals surface area contributed by atoms with E-state index in [1.54, 1.807) is 78.9 Å². The molecule has 0 bridgehead atoms. The Bertz CT molecular complexity index is 2370. The van der Waals surface area contributed by atoms with E-state index < -0.39 is 48.1 Å². The first-order chi connectivity index (χ1) is 31.3. The Morgan fingerprint density at radius 3 is 1.71 bits per heavy atom. The third-order valence-electron chi connectivity index (χ3n) is 9.95. The van der Waals surface area contributed by atoms with E-state index in [2.05, 4.69) is 0 Å². The number of hydrogen-bond acceptors (Lipinski definition) is 16. The average molecular weight is 899 g/mol. The molecule has 0 N–H and O–H groups in total. The minimum atomic E-state index is -1.01. The maximum Gasteiger partial charge on any atom is 0.302 e. The molecule has 16 nitrogen and oxygen atoms in total. The van der Waals surface area contributed by atoms with Crippen molar-refractivity contribution < 1.29 is 76.0 Å². The molecule has 0 amide bonds. The van der Waals surface area contributed by atoms with Crippen LogP contribution in [-0.2, 0) is 38.1 Å². The number of carbonyl (C=O) groups excluding carboxylic acids is 4. The first-order valence-corrected chi connectivity index (χ1v) is 20.4. The minimum Gasteiger partial charge on any atom is -0.493 e. The molecular weight excluding hydrogens is 845 g/mol. The summed E-state index contributed by atoms with van der Waals surface area (Å²) in [6.07, 6.45) is 4.29. The molecule has 1 heterocycles. The number of hydrogen-bond donors (Lipinski definition) is 0. The highest BCUT2D eigenvalue weighted by atomic mass is 16.6. The van der Waals surface area contributed by atoms with Gasteiger partial charge in [-0.1, -0.05) is 30.4 Å². The number of carbonyl (C=O) groups is 4. The smallest absolute Gasteiger partial charge is 0.302 e. The van der Waals surface area contributed by atoms with Crippen molar-refractivity contribution in [2.75, 3.05) is 62.0 Å². The highest BCUT2D eigenvalue weighted by molar-refractivity contribution is 5.68. The molecule has 2 unspecified atom stereocenters. The van der Waals surface area contributed by atoms with Gasteiger partial charge in [0.05, 0.1) is 41.5 Å². The summed E-state index contributed by atoms with van der Waals surface area (Å²) in [4.78, 5) is 47.0. The zero-order valence-corrected chi connectivity index (χ0v) is 37.8. The highest BCUT2D eigenvalue weighted by Gasteiger charge is 2.40. The molecule has 0 saturated heterocycles. The number of ether oxygens (including phenoxy) is 12. The summed E-state index contributed by atoms with van der Waals surface area (Å²) in [5.41, 5.74) is 3.46. The highest BCUT2D eigenvalue weighted by Crippen LogP contribution is 2.52. The van der Waals surface area contributed by atoms with Gasteiger partial charge in [0, 0.05) is 38.8 Å². The lowest BCUT2D eigenvalue weighted by Gasteiger charge is -2.30. The maximum absolute atomic E-state index is 12.3. The standard InChI is InChI=1S/C49H54O16/c1-29(50)59-20-10-12-33-14-17-40(42(23-33)55-6)63-46(28-62-32(4)53)48(36-15-18-39(54-5)43(26-36)56-7)64-41-19-16-35(25-44(41)57-8)47-38(27-61-31(3)52)37-22-34(13-11-21-60-30(2)51)24-45(58-9)49(37)65-47/h10-19,22-26,38,46-48H,20-21,27-28H2,1-9H3/b12-10+,13-11+/t38-,46?,47+,48?/m0/s1. The van der Waals surface area contributed by atoms with Crippen LogP contribution in [0.2, 0.25) is 0 Å². The van der Waals surface area contributed by atoms with Gasteiger partial charge in [0.15, 0.2) is 58.2 Å². The monoisotopic (exact) mass is 898 g/mol. The van der Waals surface area contributed by atoms with Crippen molar-refractivity contribution in [1.29, 1.82) is 0 Å². The largest absolute Gasteiger partial charge is 0.493 e. The van der Waals surface area contributed by atoms with Crippen LogP contribution in [0.5, 0.6) is 46.0 Å². The van der Waals surface area contributed by atoms with Crippen LogP contribution in [-0.4, -0.2) is 92.0 Å². The third kappa shape index (κ3) is 13.1. The average Bonchev–Trinajstić information content (AvgIpc) is 3.66. The van der Waals surface area contributed by atoms with Gasteiger partial charge in [-0.2, -0.15) is 0 Å². The van der Waals surface area contributed by atoms with Gasteiger partial charge in [0.1, 0.15) is 32.5 Å². The van der Waals surface area contributed by atoms with Crippen LogP contribution in [0.4, 0.5) is 0 Å². The fraction of sp³-hybridized carbons (Fsp3) is 0.347. The minimum absolute atomic E-state index is 0.0110. The molecule has 346 valence electrons. The summed E-state index contributed by atoms with van der Waals surface area (Å²) in [7, 11) is 7.55. The summed E-state index contributed by atoms with van der Waals surface area (Å²) in [5, 5.41) is 0. The van der Waals surface area contributed by atoms with Gasteiger partial charge < -0.3 is 56.8 Å². The predicted molar refractivity (Wildman–Crippen MR) is 237 cm³/mol. The Morgan fingerprint density at radius 1 is 0.554 bits per heavy atom. The summed E-state index contributed by atoms with van der Waals surface area (Å²) in [5.74, 6) is 0.807. The zero-order chi connectivity index (χ0) is 47.0. The van der Waals surface area contributed by atoms with E-state index in [0.717, 1.165) is 16.7 Å². The van der Waals surface area contributed by atoms with E-state index in [1.807, 2.05) is 12.1 Å². The van der Waals surface area contributed by atoms with E-state index in [-0.39, 0.29) is 32.2 Å². The summed E-state index contributed by atoms with van der Waals surface area (Å²) in [6.45, 7) is 5.21. The Kier molecular flexibility index (Phi) is 17.5. The number of rotatable bonds is 22. The molecule has 1 aliphatic heterocycles. The first kappa shape index (κ1) is 48.7. The normalized spacial score (nSPS) is 14.9. The second kappa shape index (κ2) is 23.4. The Morgan fingerprint density at radius 2 is 1.09 bits per heavy atom. The van der Waals surface area contributed by atoms with Gasteiger partial charge in [0.2, 0.25) is 0 Å². The van der Waals surface area contributed by atoms with Crippen LogP contribution in [0.1, 0.15) is 73.6 Å². The Labute approximate surface area is 377 Å². The summed E-state index contributed by atoms with van der Waals surface area (Å²) >= 11 is 0. The maximum atomic E-state index is 12.3. The van der Waals surface area contributed by atoms with Crippen molar-refractivity contribution in [3.8, 4) is 46.0 Å². The van der Waals surface area contributed by atoms with E-state index in [9.17, 15) is 19.2 Å². The van der Waals surface area contributed by atoms with Crippen LogP contribution < -0.4 is 37.9 Å². The number of benzene rings is 4. The van der Waals surface area contributed by atoms with Crippen molar-refractivity contribution in [2.45, 2.75) is 51.9 Å². The van der Waals surface area contributed by atoms with Crippen LogP contribution in [0.25, 0.3) is 12.2 Å². The molecule has 1 aliphatic rings. The molecule has 0 aliphatic carbocycles. The molecule has 65 heavy (non-hydrogen) atoms. The fourth-order valence-electron chi connectivity index (χ4n) is 6.97. The SMILES string of the molecule is COc1ccc(C(Oc2ccc([C@H]3Oc4c(OC)cc(/C=C/COC(C)=O)cc4[C@@H]3COC(C)=O)cc2OC)C(COC(C)=O)Oc2ccc(/C=C/COC(C)=O)cc2OC)cc1OC. The molecule has 0 fully saturated rings. The van der Waals surface area contributed by atoms with Gasteiger partial charge in [-0.25, -0.2) is 0 Å². The number of esters is 4. The lowest BCUT2D eigenvalue weighted by atomic mass is 9.90. The van der Waals surface area contributed by atoms with Crippen molar-refractivity contribution in [3.63, 3.8) is 0 Å². The third-order valence-corrected chi connectivity index (χ3v) is 9.95. The first-order valence-electron chi connectivity index (χ1n) is 20.4. The molecule has 0 aromatic heterocycles. The van der Waals surface area contributed by atoms with Crippen molar-refractivity contribution in [1.82, 2.24) is 0 Å². The van der Waals surface area contributed by atoms with Crippen LogP contribution in [0, 0.1) is 0 Å². The topological polar surface area (TPSA) is 179 Å². The van der Waals surface area contributed by atoms with E-state index in [1.165, 1.54) is 63.2 Å². The molecule has 4 aromatic rings. The van der Waals surface area contributed by atoms with Crippen molar-refractivity contribution >= 4 is 36.0 Å². The fourth-order valence-corrected chi connectivity index (χ4v) is 6.97. The van der Waals surface area contributed by atoms with Crippen molar-refractivity contribution in [2.24, 2.45) is 0 Å². The molecular formula is C49H54O16. The van der Waals surface area contributed by atoms with Gasteiger partial charge in [-0.3, -0.25) is 19.2 Å². The predicted octanol–water partition coefficient (Wildman–Crippen LogP) is 7.79. The van der Waals surface area contributed by atoms with E-state index in [0.29, 0.717) is 51.4 Å². The molecule has 0 saturated carbocycles. The molecule has 16 heteroatoms. The summed E-state index contributed by atoms with van der Waals surface area (Å²) in [6, 6.07) is 19.5. The summed E-state index contributed by atoms with van der Waals surface area (Å²) < 4.78 is 69.9. The Balaban J connectivity index is 1.55. The van der Waals surface area contributed by atoms with Gasteiger partial charge in [-0.15, -0.1) is 0 Å². The second-order valence-electron chi connectivity index (χ2n) is 14.4. The van der Waals surface area contributed by atoms with E-state index in [4.69, 9.17) is 56.8 Å². The number of methoxy groups -OCH3 is 5. The molecule has 0 radical (unpaired) electrons. The van der Waals surface area contributed by atoms with Gasteiger partial charge in [-0.05, 0) is 77.4 Å². The molecule has 4 aromatic carbocycles. The lowest BCUT2D eigenvalue weighted by Crippen LogP contribution is -2.34. The second-order valence-corrected chi connectivity index (χ2v) is 14.4. The quantitative estimate of drug-likeness (QED) is 0.0551. The molecule has 0 spiro atoms. The van der Waals surface area contributed by atoms with Crippen LogP contribution >= 0.6 is 0 Å². The molecule has 5 rings (SSSR count). The van der Waals surface area contributed by atoms with Gasteiger partial charge >= 0.3 is 23.9 Å². The van der Waals surface area contributed by atoms with Gasteiger partial charge in [0.25, 0.3) is 0 Å². The molecule has 4 atom stereocenters. The van der Waals surface area contributed by atoms with Crippen LogP contribution in [0.3, 0.4) is 0 Å². The Hall–Kier alpha value is -7.36. The van der Waals surface area contributed by atoms with E-state index >= 15 is 0 Å². The van der Waals surface area contributed by atoms with Crippen LogP contribution in [0.15, 0.2) is 78.9 Å². The van der Waals surface area contributed by atoms with Crippen molar-refractivity contribution in [3.05, 3.63) is 107 Å². The zero-order valence-electron chi connectivity index (χ0n) is 37.8. The lowest BCUT2D eigenvalue weighted by molar-refractivity contribution is -0.145.